The first kappa shape index (κ1) is 14.5. The number of hydrogen-bond donors (Lipinski definition) is 1. The van der Waals surface area contributed by atoms with Gasteiger partial charge in [0.25, 0.3) is 0 Å². The molecule has 1 aromatic rings. The van der Waals surface area contributed by atoms with Gasteiger partial charge in [-0.15, -0.1) is 0 Å². The summed E-state index contributed by atoms with van der Waals surface area (Å²) < 4.78 is 26.3. The van der Waals surface area contributed by atoms with Gasteiger partial charge in [-0.3, -0.25) is 0 Å². The highest BCUT2D eigenvalue weighted by atomic mass is 32.2. The Labute approximate surface area is 115 Å². The van der Waals surface area contributed by atoms with Crippen molar-refractivity contribution in [3.05, 3.63) is 35.4 Å². The molecule has 1 aliphatic rings. The van der Waals surface area contributed by atoms with Gasteiger partial charge < -0.3 is 5.11 Å². The van der Waals surface area contributed by atoms with Gasteiger partial charge in [-0.25, -0.2) is 12.7 Å². The van der Waals surface area contributed by atoms with Gasteiger partial charge >= 0.3 is 0 Å². The summed E-state index contributed by atoms with van der Waals surface area (Å²) in [5.74, 6) is 0.0543. The van der Waals surface area contributed by atoms with Crippen LogP contribution in [0.15, 0.2) is 24.3 Å². The zero-order valence-corrected chi connectivity index (χ0v) is 11.9. The molecule has 0 unspecified atom stereocenters. The van der Waals surface area contributed by atoms with Crippen LogP contribution in [0.4, 0.5) is 0 Å². The molecule has 5 heteroatoms. The minimum absolute atomic E-state index is 0.0147. The number of hydrogen-bond acceptors (Lipinski definition) is 3. The van der Waals surface area contributed by atoms with E-state index in [1.54, 1.807) is 28.6 Å². The summed E-state index contributed by atoms with van der Waals surface area (Å²) in [5, 5.41) is 8.97. The first-order chi connectivity index (χ1) is 9.12. The number of sulfonamides is 1. The van der Waals surface area contributed by atoms with Gasteiger partial charge in [-0.05, 0) is 24.0 Å². The molecule has 106 valence electrons. The predicted molar refractivity (Wildman–Crippen MR) is 75.0 cm³/mol. The van der Waals surface area contributed by atoms with Crippen LogP contribution in [0.5, 0.6) is 0 Å². The number of aliphatic hydroxyl groups is 1. The third-order valence-corrected chi connectivity index (χ3v) is 5.36. The summed E-state index contributed by atoms with van der Waals surface area (Å²) in [7, 11) is -3.21. The van der Waals surface area contributed by atoms with E-state index in [2.05, 4.69) is 0 Å². The van der Waals surface area contributed by atoms with Gasteiger partial charge in [0.2, 0.25) is 10.0 Å². The molecule has 1 fully saturated rings. The molecule has 0 aromatic heterocycles. The minimum atomic E-state index is -3.21. The Balaban J connectivity index is 2.06. The van der Waals surface area contributed by atoms with Crippen LogP contribution in [-0.2, 0) is 22.4 Å². The third kappa shape index (κ3) is 4.03. The normalized spacial score (nSPS) is 18.2. The van der Waals surface area contributed by atoms with Gasteiger partial charge in [0, 0.05) is 13.1 Å². The van der Waals surface area contributed by atoms with Crippen LogP contribution in [0, 0.1) is 0 Å². The maximum Gasteiger partial charge on any atom is 0.218 e. The lowest BCUT2D eigenvalue weighted by molar-refractivity contribution is 0.282. The van der Waals surface area contributed by atoms with Crippen molar-refractivity contribution in [2.24, 2.45) is 0 Å². The largest absolute Gasteiger partial charge is 0.392 e. The summed E-state index contributed by atoms with van der Waals surface area (Å²) in [6.45, 7) is 1.28. The molecule has 0 aliphatic carbocycles. The first-order valence-corrected chi connectivity index (χ1v) is 8.39. The number of nitrogens with zero attached hydrogens (tertiary/aromatic N) is 1. The Morgan fingerprint density at radius 3 is 2.00 bits per heavy atom. The van der Waals surface area contributed by atoms with Gasteiger partial charge in [-0.2, -0.15) is 0 Å². The molecule has 1 heterocycles. The van der Waals surface area contributed by atoms with Crippen LogP contribution in [0.25, 0.3) is 0 Å². The Hall–Kier alpha value is -0.910. The molecular formula is C14H21NO3S. The molecule has 2 rings (SSSR count). The van der Waals surface area contributed by atoms with Gasteiger partial charge in [0.15, 0.2) is 0 Å². The molecule has 0 saturated carbocycles. The summed E-state index contributed by atoms with van der Waals surface area (Å²) in [6, 6.07) is 7.10. The topological polar surface area (TPSA) is 57.6 Å². The Morgan fingerprint density at radius 2 is 1.47 bits per heavy atom. The van der Waals surface area contributed by atoms with Crippen LogP contribution in [0.2, 0.25) is 0 Å². The van der Waals surface area contributed by atoms with Crippen molar-refractivity contribution in [1.29, 1.82) is 0 Å². The van der Waals surface area contributed by atoms with Crippen molar-refractivity contribution in [1.82, 2.24) is 4.31 Å². The van der Waals surface area contributed by atoms with Crippen molar-refractivity contribution in [3.63, 3.8) is 0 Å². The average Bonchev–Trinajstić information content (AvgIpc) is 2.68. The van der Waals surface area contributed by atoms with Crippen LogP contribution >= 0.6 is 0 Å². The van der Waals surface area contributed by atoms with Crippen LogP contribution in [-0.4, -0.2) is 30.9 Å². The average molecular weight is 283 g/mol. The second-order valence-electron chi connectivity index (χ2n) is 5.04. The fourth-order valence-electron chi connectivity index (χ4n) is 2.36. The number of aliphatic hydroxyl groups excluding tert-OH is 1. The first-order valence-electron chi connectivity index (χ1n) is 6.78. The van der Waals surface area contributed by atoms with E-state index >= 15 is 0 Å². The van der Waals surface area contributed by atoms with Crippen LogP contribution < -0.4 is 0 Å². The van der Waals surface area contributed by atoms with Gasteiger partial charge in [-0.1, -0.05) is 37.1 Å². The monoisotopic (exact) mass is 283 g/mol. The van der Waals surface area contributed by atoms with Crippen LogP contribution in [0.1, 0.15) is 36.8 Å². The van der Waals surface area contributed by atoms with E-state index in [4.69, 9.17) is 5.11 Å². The van der Waals surface area contributed by atoms with E-state index in [-0.39, 0.29) is 12.4 Å². The van der Waals surface area contributed by atoms with Crippen molar-refractivity contribution in [2.45, 2.75) is 38.0 Å². The van der Waals surface area contributed by atoms with Crippen LogP contribution in [0.3, 0.4) is 0 Å². The molecule has 19 heavy (non-hydrogen) atoms. The van der Waals surface area contributed by atoms with E-state index in [1.807, 2.05) is 0 Å². The maximum atomic E-state index is 12.3. The molecule has 4 nitrogen and oxygen atoms in total. The molecule has 1 aromatic carbocycles. The highest BCUT2D eigenvalue weighted by molar-refractivity contribution is 7.88. The third-order valence-electron chi connectivity index (χ3n) is 3.51. The molecule has 1 N–H and O–H groups in total. The summed E-state index contributed by atoms with van der Waals surface area (Å²) in [6.07, 6.45) is 4.17. The highest BCUT2D eigenvalue weighted by Crippen LogP contribution is 2.17. The number of benzene rings is 1. The predicted octanol–water partition coefficient (Wildman–Crippen LogP) is 1.88. The molecule has 1 saturated heterocycles. The zero-order chi connectivity index (χ0) is 13.7. The van der Waals surface area contributed by atoms with Crippen molar-refractivity contribution in [2.75, 3.05) is 13.1 Å². The van der Waals surface area contributed by atoms with Crippen molar-refractivity contribution < 1.29 is 13.5 Å². The fraction of sp³-hybridized carbons (Fsp3) is 0.571. The number of rotatable bonds is 4. The lowest BCUT2D eigenvalue weighted by atomic mass is 10.2. The Morgan fingerprint density at radius 1 is 0.947 bits per heavy atom. The van der Waals surface area contributed by atoms with Gasteiger partial charge in [0.1, 0.15) is 0 Å². The lowest BCUT2D eigenvalue weighted by Crippen LogP contribution is -2.32. The standard InChI is InChI=1S/C14H21NO3S/c16-11-13-5-7-14(8-6-13)12-19(17,18)15-9-3-1-2-4-10-15/h5-8,16H,1-4,9-12H2. The second kappa shape index (κ2) is 6.50. The van der Waals surface area contributed by atoms with Crippen molar-refractivity contribution >= 4 is 10.0 Å². The summed E-state index contributed by atoms with van der Waals surface area (Å²) in [4.78, 5) is 0. The smallest absolute Gasteiger partial charge is 0.218 e. The molecular weight excluding hydrogens is 262 g/mol. The Kier molecular flexibility index (Phi) is 4.96. The molecule has 0 radical (unpaired) electrons. The van der Waals surface area contributed by atoms with E-state index < -0.39 is 10.0 Å². The van der Waals surface area contributed by atoms with Gasteiger partial charge in [0.05, 0.1) is 12.4 Å². The maximum absolute atomic E-state index is 12.3. The SMILES string of the molecule is O=S(=O)(Cc1ccc(CO)cc1)N1CCCCCC1. The fourth-order valence-corrected chi connectivity index (χ4v) is 3.97. The second-order valence-corrected chi connectivity index (χ2v) is 7.01. The molecule has 0 atom stereocenters. The van der Waals surface area contributed by atoms with E-state index in [0.29, 0.717) is 13.1 Å². The summed E-state index contributed by atoms with van der Waals surface area (Å²) in [5.41, 5.74) is 1.58. The molecule has 0 amide bonds. The summed E-state index contributed by atoms with van der Waals surface area (Å²) >= 11 is 0. The molecule has 1 aliphatic heterocycles. The molecule has 0 spiro atoms. The van der Waals surface area contributed by atoms with E-state index in [0.717, 1.165) is 36.8 Å². The van der Waals surface area contributed by atoms with Crippen molar-refractivity contribution in [3.8, 4) is 0 Å². The quantitative estimate of drug-likeness (QED) is 0.918. The Bertz CT molecular complexity index is 488. The zero-order valence-electron chi connectivity index (χ0n) is 11.1. The highest BCUT2D eigenvalue weighted by Gasteiger charge is 2.23. The minimum Gasteiger partial charge on any atom is -0.392 e. The van der Waals surface area contributed by atoms with E-state index in [9.17, 15) is 8.42 Å². The molecule has 0 bridgehead atoms. The van der Waals surface area contributed by atoms with E-state index in [1.165, 1.54) is 0 Å². The lowest BCUT2D eigenvalue weighted by Gasteiger charge is -2.19.